The molecule has 0 unspecified atom stereocenters. The lowest BCUT2D eigenvalue weighted by Crippen LogP contribution is -2.36. The SMILES string of the molecule is CC(C)CNC(=O)CN(C)c1ccc(CNC(C)C)cc1. The first kappa shape index (κ1) is 17.5. The van der Waals surface area contributed by atoms with E-state index in [1.807, 2.05) is 11.9 Å². The van der Waals surface area contributed by atoms with E-state index in [1.165, 1.54) is 5.56 Å². The largest absolute Gasteiger partial charge is 0.365 e. The first-order chi connectivity index (χ1) is 9.88. The third-order valence-corrected chi connectivity index (χ3v) is 3.18. The van der Waals surface area contributed by atoms with Crippen LogP contribution in [0.1, 0.15) is 33.3 Å². The van der Waals surface area contributed by atoms with Crippen molar-refractivity contribution in [3.8, 4) is 0 Å². The lowest BCUT2D eigenvalue weighted by atomic mass is 10.2. The predicted octanol–water partition coefficient (Wildman–Crippen LogP) is 2.39. The van der Waals surface area contributed by atoms with Crippen LogP contribution in [0.25, 0.3) is 0 Å². The van der Waals surface area contributed by atoms with Crippen LogP contribution in [0.4, 0.5) is 5.69 Å². The number of amides is 1. The van der Waals surface area contributed by atoms with E-state index in [0.29, 0.717) is 18.5 Å². The lowest BCUT2D eigenvalue weighted by Gasteiger charge is -2.19. The maximum Gasteiger partial charge on any atom is 0.239 e. The fourth-order valence-electron chi connectivity index (χ4n) is 1.87. The smallest absolute Gasteiger partial charge is 0.239 e. The Morgan fingerprint density at radius 1 is 1.14 bits per heavy atom. The van der Waals surface area contributed by atoms with Crippen molar-refractivity contribution in [2.75, 3.05) is 25.0 Å². The van der Waals surface area contributed by atoms with Gasteiger partial charge in [-0.3, -0.25) is 4.79 Å². The minimum Gasteiger partial charge on any atom is -0.365 e. The average molecular weight is 291 g/mol. The van der Waals surface area contributed by atoms with Gasteiger partial charge >= 0.3 is 0 Å². The van der Waals surface area contributed by atoms with Crippen molar-refractivity contribution in [2.45, 2.75) is 40.3 Å². The van der Waals surface area contributed by atoms with Crippen LogP contribution >= 0.6 is 0 Å². The highest BCUT2D eigenvalue weighted by Crippen LogP contribution is 2.13. The van der Waals surface area contributed by atoms with E-state index >= 15 is 0 Å². The van der Waals surface area contributed by atoms with Crippen molar-refractivity contribution in [3.05, 3.63) is 29.8 Å². The van der Waals surface area contributed by atoms with Crippen molar-refractivity contribution >= 4 is 11.6 Å². The summed E-state index contributed by atoms with van der Waals surface area (Å²) in [5, 5.41) is 6.33. The standard InChI is InChI=1S/C17H29N3O/c1-13(2)10-19-17(21)12-20(5)16-8-6-15(7-9-16)11-18-14(3)4/h6-9,13-14,18H,10-12H2,1-5H3,(H,19,21). The van der Waals surface area contributed by atoms with Crippen LogP contribution in [0.2, 0.25) is 0 Å². The molecule has 0 aromatic heterocycles. The summed E-state index contributed by atoms with van der Waals surface area (Å²) in [6, 6.07) is 8.82. The Kier molecular flexibility index (Phi) is 7.23. The van der Waals surface area contributed by atoms with Crippen molar-refractivity contribution in [2.24, 2.45) is 5.92 Å². The zero-order valence-corrected chi connectivity index (χ0v) is 13.9. The minimum atomic E-state index is 0.0664. The van der Waals surface area contributed by atoms with E-state index in [0.717, 1.165) is 18.8 Å². The van der Waals surface area contributed by atoms with Crippen LogP contribution in [-0.4, -0.2) is 32.1 Å². The van der Waals surface area contributed by atoms with Gasteiger partial charge in [-0.2, -0.15) is 0 Å². The zero-order chi connectivity index (χ0) is 15.8. The third kappa shape index (κ3) is 7.14. The van der Waals surface area contributed by atoms with E-state index in [9.17, 15) is 4.79 Å². The molecule has 0 spiro atoms. The molecule has 0 heterocycles. The molecule has 0 radical (unpaired) electrons. The molecule has 21 heavy (non-hydrogen) atoms. The number of likely N-dealkylation sites (N-methyl/N-ethyl adjacent to an activating group) is 1. The van der Waals surface area contributed by atoms with E-state index in [2.05, 4.69) is 62.6 Å². The molecule has 0 aliphatic carbocycles. The summed E-state index contributed by atoms with van der Waals surface area (Å²) in [6.45, 7) is 10.4. The van der Waals surface area contributed by atoms with Crippen LogP contribution in [0.5, 0.6) is 0 Å². The lowest BCUT2D eigenvalue weighted by molar-refractivity contribution is -0.119. The quantitative estimate of drug-likeness (QED) is 0.773. The molecule has 0 atom stereocenters. The minimum absolute atomic E-state index is 0.0664. The van der Waals surface area contributed by atoms with Gasteiger partial charge in [-0.15, -0.1) is 0 Å². The molecule has 0 saturated carbocycles. The van der Waals surface area contributed by atoms with Gasteiger partial charge < -0.3 is 15.5 Å². The molecular weight excluding hydrogens is 262 g/mol. The van der Waals surface area contributed by atoms with E-state index in [4.69, 9.17) is 0 Å². The molecule has 0 aliphatic heterocycles. The molecule has 0 aliphatic rings. The van der Waals surface area contributed by atoms with Gasteiger partial charge in [0, 0.05) is 31.9 Å². The average Bonchev–Trinajstić information content (AvgIpc) is 2.43. The Morgan fingerprint density at radius 3 is 2.29 bits per heavy atom. The van der Waals surface area contributed by atoms with Gasteiger partial charge in [0.2, 0.25) is 5.91 Å². The molecule has 118 valence electrons. The molecule has 2 N–H and O–H groups in total. The predicted molar refractivity (Wildman–Crippen MR) is 89.5 cm³/mol. The summed E-state index contributed by atoms with van der Waals surface area (Å²) in [4.78, 5) is 13.8. The van der Waals surface area contributed by atoms with Crippen LogP contribution in [0, 0.1) is 5.92 Å². The van der Waals surface area contributed by atoms with Crippen LogP contribution in [0.3, 0.4) is 0 Å². The number of hydrogen-bond donors (Lipinski definition) is 2. The van der Waals surface area contributed by atoms with Crippen molar-refractivity contribution in [3.63, 3.8) is 0 Å². The maximum absolute atomic E-state index is 11.8. The number of carbonyl (C=O) groups is 1. The molecule has 4 nitrogen and oxygen atoms in total. The van der Waals surface area contributed by atoms with Gasteiger partial charge in [0.1, 0.15) is 0 Å². The molecule has 1 amide bonds. The normalized spacial score (nSPS) is 11.0. The first-order valence-electron chi connectivity index (χ1n) is 7.68. The Balaban J connectivity index is 2.47. The number of anilines is 1. The van der Waals surface area contributed by atoms with E-state index in [-0.39, 0.29) is 5.91 Å². The maximum atomic E-state index is 11.8. The van der Waals surface area contributed by atoms with Crippen LogP contribution in [0.15, 0.2) is 24.3 Å². The summed E-state index contributed by atoms with van der Waals surface area (Å²) in [5.74, 6) is 0.545. The van der Waals surface area contributed by atoms with Gasteiger partial charge in [0.05, 0.1) is 6.54 Å². The Bertz CT molecular complexity index is 426. The molecule has 1 rings (SSSR count). The Morgan fingerprint density at radius 2 is 1.76 bits per heavy atom. The second-order valence-corrected chi connectivity index (χ2v) is 6.26. The topological polar surface area (TPSA) is 44.4 Å². The van der Waals surface area contributed by atoms with Crippen LogP contribution in [-0.2, 0) is 11.3 Å². The Labute approximate surface area is 128 Å². The highest BCUT2D eigenvalue weighted by atomic mass is 16.2. The number of carbonyl (C=O) groups excluding carboxylic acids is 1. The number of nitrogens with one attached hydrogen (secondary N) is 2. The molecule has 4 heteroatoms. The van der Waals surface area contributed by atoms with Gasteiger partial charge in [0.25, 0.3) is 0 Å². The Hall–Kier alpha value is -1.55. The number of nitrogens with zero attached hydrogens (tertiary/aromatic N) is 1. The summed E-state index contributed by atoms with van der Waals surface area (Å²) < 4.78 is 0. The summed E-state index contributed by atoms with van der Waals surface area (Å²) >= 11 is 0. The van der Waals surface area contributed by atoms with Crippen molar-refractivity contribution < 1.29 is 4.79 Å². The van der Waals surface area contributed by atoms with Crippen LogP contribution < -0.4 is 15.5 Å². The number of rotatable bonds is 8. The van der Waals surface area contributed by atoms with Gasteiger partial charge in [-0.25, -0.2) is 0 Å². The van der Waals surface area contributed by atoms with E-state index < -0.39 is 0 Å². The highest BCUT2D eigenvalue weighted by Gasteiger charge is 2.07. The first-order valence-corrected chi connectivity index (χ1v) is 7.68. The molecule has 0 saturated heterocycles. The summed E-state index contributed by atoms with van der Waals surface area (Å²) in [5.41, 5.74) is 2.31. The third-order valence-electron chi connectivity index (χ3n) is 3.18. The molecular formula is C17H29N3O. The van der Waals surface area contributed by atoms with Gasteiger partial charge in [0.15, 0.2) is 0 Å². The van der Waals surface area contributed by atoms with Gasteiger partial charge in [-0.05, 0) is 23.6 Å². The molecule has 1 aromatic carbocycles. The fourth-order valence-corrected chi connectivity index (χ4v) is 1.87. The summed E-state index contributed by atoms with van der Waals surface area (Å²) in [7, 11) is 1.94. The van der Waals surface area contributed by atoms with Crippen molar-refractivity contribution in [1.82, 2.24) is 10.6 Å². The number of hydrogen-bond acceptors (Lipinski definition) is 3. The monoisotopic (exact) mass is 291 g/mol. The second kappa shape index (κ2) is 8.67. The van der Waals surface area contributed by atoms with Crippen molar-refractivity contribution in [1.29, 1.82) is 0 Å². The highest BCUT2D eigenvalue weighted by molar-refractivity contribution is 5.81. The van der Waals surface area contributed by atoms with E-state index in [1.54, 1.807) is 0 Å². The molecule has 1 aromatic rings. The summed E-state index contributed by atoms with van der Waals surface area (Å²) in [6.07, 6.45) is 0. The second-order valence-electron chi connectivity index (χ2n) is 6.26. The molecule has 0 fully saturated rings. The number of benzene rings is 1. The fraction of sp³-hybridized carbons (Fsp3) is 0.588. The van der Waals surface area contributed by atoms with Gasteiger partial charge in [-0.1, -0.05) is 39.8 Å². The zero-order valence-electron chi connectivity index (χ0n) is 13.9. The molecule has 0 bridgehead atoms.